The second kappa shape index (κ2) is 6.01. The number of anilines is 1. The number of nitro groups is 1. The van der Waals surface area contributed by atoms with Crippen LogP contribution in [0.3, 0.4) is 0 Å². The van der Waals surface area contributed by atoms with E-state index in [2.05, 4.69) is 10.5 Å². The Morgan fingerprint density at radius 2 is 2.08 bits per heavy atom. The fourth-order valence-electron chi connectivity index (χ4n) is 0.781. The van der Waals surface area contributed by atoms with Crippen molar-refractivity contribution >= 4 is 62.8 Å². The first-order valence-electron chi connectivity index (χ1n) is 3.09. The zero-order chi connectivity index (χ0) is 8.97. The molecule has 6 nitrogen and oxygen atoms in total. The van der Waals surface area contributed by atoms with Crippen LogP contribution in [0.2, 0.25) is 0 Å². The van der Waals surface area contributed by atoms with Crippen LogP contribution in [-0.4, -0.2) is 56.3 Å². The van der Waals surface area contributed by atoms with Crippen LogP contribution in [0.4, 0.5) is 11.4 Å². The average molecular weight is 205 g/mol. The molecule has 0 atom stereocenters. The summed E-state index contributed by atoms with van der Waals surface area (Å²) in [6, 6.07) is 5.88. The second-order valence-electron chi connectivity index (χ2n) is 1.99. The van der Waals surface area contributed by atoms with E-state index < -0.39 is 4.92 Å². The molecule has 0 saturated heterocycles. The summed E-state index contributed by atoms with van der Waals surface area (Å²) in [7, 11) is 0. The van der Waals surface area contributed by atoms with Crippen LogP contribution in [-0.2, 0) is 0 Å². The van der Waals surface area contributed by atoms with Crippen LogP contribution in [0.25, 0.3) is 5.08 Å². The Balaban J connectivity index is 0.00000144. The van der Waals surface area contributed by atoms with Gasteiger partial charge in [-0.1, -0.05) is 12.1 Å². The first-order valence-corrected chi connectivity index (χ1v) is 3.09. The van der Waals surface area contributed by atoms with Gasteiger partial charge in [-0.3, -0.25) is 10.1 Å². The SMILES string of the molecule is N#[N+]Nc1ccccc1[N+](=O)[O-].[KH]. The summed E-state index contributed by atoms with van der Waals surface area (Å²) in [4.78, 5) is 9.78. The fourth-order valence-corrected chi connectivity index (χ4v) is 0.781. The van der Waals surface area contributed by atoms with E-state index in [0.717, 1.165) is 0 Å². The third kappa shape index (κ3) is 3.37. The van der Waals surface area contributed by atoms with Crippen LogP contribution >= 0.6 is 0 Å². The van der Waals surface area contributed by atoms with E-state index in [1.807, 2.05) is 0 Å². The summed E-state index contributed by atoms with van der Waals surface area (Å²) in [6.07, 6.45) is 0. The third-order valence-electron chi connectivity index (χ3n) is 1.27. The fraction of sp³-hybridized carbons (Fsp3) is 0. The molecule has 0 aliphatic rings. The van der Waals surface area contributed by atoms with E-state index in [1.165, 1.54) is 18.2 Å². The van der Waals surface area contributed by atoms with Gasteiger partial charge in [0.25, 0.3) is 11.1 Å². The molecule has 13 heavy (non-hydrogen) atoms. The Hall–Kier alpha value is -0.524. The molecule has 0 amide bonds. The van der Waals surface area contributed by atoms with Crippen LogP contribution in [0.5, 0.6) is 0 Å². The number of nitrogens with one attached hydrogen (secondary N) is 1. The Morgan fingerprint density at radius 1 is 1.46 bits per heavy atom. The van der Waals surface area contributed by atoms with E-state index in [-0.39, 0.29) is 62.8 Å². The molecule has 62 valence electrons. The Kier molecular flexibility index (Phi) is 5.77. The van der Waals surface area contributed by atoms with E-state index in [9.17, 15) is 10.1 Å². The molecule has 0 heterocycles. The van der Waals surface area contributed by atoms with Crippen molar-refractivity contribution in [3.63, 3.8) is 0 Å². The van der Waals surface area contributed by atoms with E-state index in [4.69, 9.17) is 5.39 Å². The number of para-hydroxylation sites is 2. The first kappa shape index (κ1) is 12.5. The van der Waals surface area contributed by atoms with E-state index in [0.29, 0.717) is 0 Å². The number of nitrogens with zero attached hydrogens (tertiary/aromatic N) is 3. The van der Waals surface area contributed by atoms with Crippen molar-refractivity contribution in [2.45, 2.75) is 0 Å². The molecule has 0 radical (unpaired) electrons. The standard InChI is InChI=1S/C6H5N4O2.K.H/c7-9-8-5-3-1-2-4-6(5)10(11)12;;/h1-4,8H;;/q+1;;. The number of benzene rings is 1. The van der Waals surface area contributed by atoms with Gasteiger partial charge in [0.1, 0.15) is 0 Å². The van der Waals surface area contributed by atoms with Gasteiger partial charge >= 0.3 is 56.5 Å². The van der Waals surface area contributed by atoms with Crippen LogP contribution in [0, 0.1) is 15.5 Å². The van der Waals surface area contributed by atoms with Crippen molar-refractivity contribution < 1.29 is 4.92 Å². The quantitative estimate of drug-likeness (QED) is 0.339. The van der Waals surface area contributed by atoms with Gasteiger partial charge < -0.3 is 0 Å². The predicted molar refractivity (Wildman–Crippen MR) is 49.0 cm³/mol. The number of nitro benzene ring substituents is 1. The summed E-state index contributed by atoms with van der Waals surface area (Å²) in [5.74, 6) is 0. The molecule has 1 aromatic carbocycles. The summed E-state index contributed by atoms with van der Waals surface area (Å²) in [5, 5.41) is 21.1. The number of hydrogen-bond acceptors (Lipinski definition) is 4. The van der Waals surface area contributed by atoms with E-state index >= 15 is 0 Å². The Labute approximate surface area is 116 Å². The molecule has 1 aromatic rings. The molecular formula is C6H6KN4O2+. The number of rotatable bonds is 2. The van der Waals surface area contributed by atoms with Crippen LogP contribution in [0.15, 0.2) is 24.3 Å². The zero-order valence-electron chi connectivity index (χ0n) is 5.97. The van der Waals surface area contributed by atoms with Gasteiger partial charge in [-0.05, 0) is 11.5 Å². The van der Waals surface area contributed by atoms with Gasteiger partial charge in [0, 0.05) is 6.07 Å². The average Bonchev–Trinajstić information content (AvgIpc) is 2.05. The molecule has 0 aliphatic heterocycles. The van der Waals surface area contributed by atoms with Crippen molar-refractivity contribution in [1.82, 2.24) is 0 Å². The maximum atomic E-state index is 10.3. The second-order valence-corrected chi connectivity index (χ2v) is 1.99. The monoisotopic (exact) mass is 205 g/mol. The summed E-state index contributed by atoms with van der Waals surface area (Å²) < 4.78 is 0. The first-order chi connectivity index (χ1) is 5.75. The zero-order valence-corrected chi connectivity index (χ0v) is 5.97. The number of hydrogen-bond donors (Lipinski definition) is 1. The van der Waals surface area contributed by atoms with Crippen molar-refractivity contribution in [2.24, 2.45) is 0 Å². The molecule has 0 bridgehead atoms. The van der Waals surface area contributed by atoms with E-state index in [1.54, 1.807) is 6.07 Å². The maximum absolute atomic E-state index is 10.3. The molecule has 0 saturated carbocycles. The summed E-state index contributed by atoms with van der Waals surface area (Å²) in [6.45, 7) is 0. The van der Waals surface area contributed by atoms with Gasteiger partial charge in [-0.25, -0.2) is 0 Å². The normalized spacial score (nSPS) is 7.92. The minimum atomic E-state index is -0.562. The predicted octanol–water partition coefficient (Wildman–Crippen LogP) is 1.13. The summed E-state index contributed by atoms with van der Waals surface area (Å²) in [5.41, 5.74) is 2.12. The van der Waals surface area contributed by atoms with Gasteiger partial charge in [-0.2, -0.15) is 0 Å². The molecule has 0 aromatic heterocycles. The van der Waals surface area contributed by atoms with Gasteiger partial charge in [0.05, 0.1) is 4.92 Å². The van der Waals surface area contributed by atoms with Crippen molar-refractivity contribution in [1.29, 1.82) is 5.39 Å². The topological polar surface area (TPSA) is 83.3 Å². The molecule has 0 fully saturated rings. The molecule has 0 spiro atoms. The van der Waals surface area contributed by atoms with Crippen LogP contribution in [0.1, 0.15) is 0 Å². The molecule has 1 N–H and O–H groups in total. The van der Waals surface area contributed by atoms with Gasteiger partial charge in [-0.15, -0.1) is 0 Å². The number of diazo groups is 1. The van der Waals surface area contributed by atoms with Crippen molar-refractivity contribution in [3.8, 4) is 0 Å². The molecule has 0 aliphatic carbocycles. The van der Waals surface area contributed by atoms with Crippen molar-refractivity contribution in [2.75, 3.05) is 5.43 Å². The summed E-state index contributed by atoms with van der Waals surface area (Å²) >= 11 is 0. The van der Waals surface area contributed by atoms with Crippen LogP contribution < -0.4 is 5.43 Å². The molecular weight excluding hydrogens is 199 g/mol. The minimum absolute atomic E-state index is 0. The molecule has 1 rings (SSSR count). The Morgan fingerprint density at radius 3 is 2.62 bits per heavy atom. The van der Waals surface area contributed by atoms with Crippen molar-refractivity contribution in [3.05, 3.63) is 39.5 Å². The molecule has 7 heteroatoms. The Bertz CT molecular complexity index is 349. The molecule has 0 unspecified atom stereocenters. The van der Waals surface area contributed by atoms with Gasteiger partial charge in [0.2, 0.25) is 0 Å². The van der Waals surface area contributed by atoms with Gasteiger partial charge in [0.15, 0.2) is 5.69 Å². The third-order valence-corrected chi connectivity index (χ3v) is 1.27.